The fourth-order valence-electron chi connectivity index (χ4n) is 5.81. The minimum absolute atomic E-state index is 0.261. The number of allylic oxidation sites excluding steroid dienone is 2. The normalized spacial score (nSPS) is 39.3. The van der Waals surface area contributed by atoms with Gasteiger partial charge in [0, 0.05) is 5.92 Å². The molecule has 5 atom stereocenters. The Bertz CT molecular complexity index is 449. The van der Waals surface area contributed by atoms with Crippen molar-refractivity contribution in [2.75, 3.05) is 0 Å². The van der Waals surface area contributed by atoms with Gasteiger partial charge in [0.15, 0.2) is 5.78 Å². The van der Waals surface area contributed by atoms with Gasteiger partial charge in [-0.15, -0.1) is 0 Å². The third-order valence-electron chi connectivity index (χ3n) is 6.75. The predicted octanol–water partition coefficient (Wildman–Crippen LogP) is 6.35. The monoisotopic (exact) mass is 316 g/mol. The summed E-state index contributed by atoms with van der Waals surface area (Å²) in [4.78, 5) is 12.2. The highest BCUT2D eigenvalue weighted by Gasteiger charge is 2.53. The van der Waals surface area contributed by atoms with E-state index < -0.39 is 0 Å². The molecule has 3 rings (SSSR count). The van der Waals surface area contributed by atoms with Crippen molar-refractivity contribution in [3.05, 3.63) is 24.8 Å². The first kappa shape index (κ1) is 18.5. The van der Waals surface area contributed by atoms with E-state index in [0.29, 0.717) is 17.1 Å². The fraction of sp³-hybridized carbons (Fsp3) is 0.773. The van der Waals surface area contributed by atoms with Crippen molar-refractivity contribution in [3.8, 4) is 0 Å². The van der Waals surface area contributed by atoms with Gasteiger partial charge >= 0.3 is 0 Å². The third kappa shape index (κ3) is 3.64. The van der Waals surface area contributed by atoms with Crippen LogP contribution >= 0.6 is 0 Å². The molecule has 3 fully saturated rings. The highest BCUT2D eigenvalue weighted by atomic mass is 16.1. The molecular weight excluding hydrogens is 280 g/mol. The van der Waals surface area contributed by atoms with Crippen molar-refractivity contribution in [1.82, 2.24) is 0 Å². The second kappa shape index (κ2) is 7.81. The summed E-state index contributed by atoms with van der Waals surface area (Å²) in [6.45, 7) is 14.7. The van der Waals surface area contributed by atoms with Crippen molar-refractivity contribution >= 4 is 5.78 Å². The van der Waals surface area contributed by atoms with Gasteiger partial charge in [-0.1, -0.05) is 52.3 Å². The summed E-state index contributed by atoms with van der Waals surface area (Å²) in [5.41, 5.74) is 1.86. The summed E-state index contributed by atoms with van der Waals surface area (Å²) in [5.74, 6) is 2.84. The van der Waals surface area contributed by atoms with Crippen LogP contribution in [0.5, 0.6) is 0 Å². The van der Waals surface area contributed by atoms with E-state index in [0.717, 1.165) is 18.3 Å². The summed E-state index contributed by atoms with van der Waals surface area (Å²) >= 11 is 0. The van der Waals surface area contributed by atoms with Crippen LogP contribution in [0.15, 0.2) is 24.8 Å². The lowest BCUT2D eigenvalue weighted by molar-refractivity contribution is -0.131. The van der Waals surface area contributed by atoms with Crippen LogP contribution in [0.1, 0.15) is 78.6 Å². The average Bonchev–Trinajstić information content (AvgIpc) is 2.53. The second-order valence-corrected chi connectivity index (χ2v) is 8.36. The van der Waals surface area contributed by atoms with E-state index in [1.165, 1.54) is 56.9 Å². The molecule has 23 heavy (non-hydrogen) atoms. The Morgan fingerprint density at radius 2 is 1.91 bits per heavy atom. The Labute approximate surface area is 143 Å². The largest absolute Gasteiger partial charge is 0.295 e. The summed E-state index contributed by atoms with van der Waals surface area (Å²) in [5, 5.41) is 0. The van der Waals surface area contributed by atoms with Gasteiger partial charge in [-0.05, 0) is 74.2 Å². The van der Waals surface area contributed by atoms with Gasteiger partial charge < -0.3 is 0 Å². The first-order chi connectivity index (χ1) is 11.0. The molecule has 0 bridgehead atoms. The predicted molar refractivity (Wildman–Crippen MR) is 99.3 cm³/mol. The fourth-order valence-corrected chi connectivity index (χ4v) is 5.81. The number of fused-ring (bicyclic) bond motifs is 3. The maximum absolute atomic E-state index is 12.2. The van der Waals surface area contributed by atoms with Gasteiger partial charge in [0.05, 0.1) is 0 Å². The van der Waals surface area contributed by atoms with Gasteiger partial charge in [-0.2, -0.15) is 0 Å². The lowest BCUT2D eigenvalue weighted by Crippen LogP contribution is -2.51. The zero-order chi connectivity index (χ0) is 17.0. The Balaban J connectivity index is 0.000000595. The van der Waals surface area contributed by atoms with E-state index in [2.05, 4.69) is 33.9 Å². The molecule has 0 amide bonds. The van der Waals surface area contributed by atoms with Gasteiger partial charge in [0.2, 0.25) is 0 Å². The van der Waals surface area contributed by atoms with Crippen molar-refractivity contribution in [2.24, 2.45) is 29.1 Å². The summed E-state index contributed by atoms with van der Waals surface area (Å²) in [6, 6.07) is 0. The zero-order valence-electron chi connectivity index (χ0n) is 15.6. The molecule has 1 nitrogen and oxygen atoms in total. The van der Waals surface area contributed by atoms with E-state index in [9.17, 15) is 4.79 Å². The maximum atomic E-state index is 12.2. The number of ketones is 1. The third-order valence-corrected chi connectivity index (χ3v) is 6.75. The van der Waals surface area contributed by atoms with Crippen LogP contribution in [-0.2, 0) is 4.79 Å². The minimum atomic E-state index is 0.261. The Morgan fingerprint density at radius 1 is 1.22 bits per heavy atom. The molecule has 0 aromatic rings. The van der Waals surface area contributed by atoms with E-state index in [4.69, 9.17) is 0 Å². The second-order valence-electron chi connectivity index (χ2n) is 8.36. The molecule has 0 radical (unpaired) electrons. The highest BCUT2D eigenvalue weighted by Crippen LogP contribution is 2.60. The van der Waals surface area contributed by atoms with Crippen LogP contribution in [0, 0.1) is 29.1 Å². The molecule has 0 aromatic carbocycles. The number of hydrogen-bond acceptors (Lipinski definition) is 1. The van der Waals surface area contributed by atoms with Crippen LogP contribution in [0.3, 0.4) is 0 Å². The van der Waals surface area contributed by atoms with E-state index >= 15 is 0 Å². The van der Waals surface area contributed by atoms with Crippen molar-refractivity contribution in [2.45, 2.75) is 78.6 Å². The molecule has 0 saturated heterocycles. The number of carbonyl (C=O) groups excluding carboxylic acids is 1. The SMILES string of the molecule is C=CC(=O)[C@@H]1CCC[C@@]2(C)C3CCC(=C)CC3CCC12.CCC. The summed E-state index contributed by atoms with van der Waals surface area (Å²) < 4.78 is 0. The minimum Gasteiger partial charge on any atom is -0.295 e. The molecule has 3 saturated carbocycles. The first-order valence-corrected chi connectivity index (χ1v) is 9.80. The van der Waals surface area contributed by atoms with Gasteiger partial charge in [-0.3, -0.25) is 4.79 Å². The van der Waals surface area contributed by atoms with Crippen molar-refractivity contribution in [3.63, 3.8) is 0 Å². The molecule has 0 aromatic heterocycles. The lowest BCUT2D eigenvalue weighted by atomic mass is 9.47. The molecule has 1 heteroatoms. The molecule has 0 N–H and O–H groups in total. The molecule has 0 heterocycles. The van der Waals surface area contributed by atoms with Crippen LogP contribution in [0.4, 0.5) is 0 Å². The average molecular weight is 317 g/mol. The lowest BCUT2D eigenvalue weighted by Gasteiger charge is -2.57. The maximum Gasteiger partial charge on any atom is 0.158 e. The van der Waals surface area contributed by atoms with Crippen molar-refractivity contribution in [1.29, 1.82) is 0 Å². The molecule has 0 aliphatic heterocycles. The Morgan fingerprint density at radius 3 is 2.57 bits per heavy atom. The number of carbonyl (C=O) groups is 1. The molecule has 3 aliphatic rings. The number of hydrogen-bond donors (Lipinski definition) is 0. The van der Waals surface area contributed by atoms with E-state index in [-0.39, 0.29) is 5.92 Å². The van der Waals surface area contributed by atoms with Crippen LogP contribution in [0.25, 0.3) is 0 Å². The summed E-state index contributed by atoms with van der Waals surface area (Å²) in [6.07, 6.45) is 12.8. The van der Waals surface area contributed by atoms with Crippen LogP contribution in [0.2, 0.25) is 0 Å². The molecule has 130 valence electrons. The van der Waals surface area contributed by atoms with Gasteiger partial charge in [0.25, 0.3) is 0 Å². The molecule has 3 aliphatic carbocycles. The molecule has 0 spiro atoms. The zero-order valence-corrected chi connectivity index (χ0v) is 15.6. The summed E-state index contributed by atoms with van der Waals surface area (Å²) in [7, 11) is 0. The highest BCUT2D eigenvalue weighted by molar-refractivity contribution is 5.91. The first-order valence-electron chi connectivity index (χ1n) is 9.80. The standard InChI is InChI=1S/C19H28O.C3H8/c1-4-18(20)15-6-5-11-19(3)16-9-7-13(2)12-14(16)8-10-17(15)19;1-3-2/h4,14-17H,1-2,5-12H2,3H3;3H2,1-2H3/t14?,15-,16?,17?,19+;/m1./s1. The number of rotatable bonds is 2. The smallest absolute Gasteiger partial charge is 0.158 e. The topological polar surface area (TPSA) is 17.1 Å². The van der Waals surface area contributed by atoms with E-state index in [1.54, 1.807) is 6.08 Å². The van der Waals surface area contributed by atoms with Crippen molar-refractivity contribution < 1.29 is 4.79 Å². The Kier molecular flexibility index (Phi) is 6.28. The Hall–Kier alpha value is -0.850. The quantitative estimate of drug-likeness (QED) is 0.428. The van der Waals surface area contributed by atoms with Gasteiger partial charge in [-0.25, -0.2) is 0 Å². The van der Waals surface area contributed by atoms with Gasteiger partial charge in [0.1, 0.15) is 0 Å². The molecule has 3 unspecified atom stereocenters. The molecular formula is C22H36O. The van der Waals surface area contributed by atoms with Crippen LogP contribution in [-0.4, -0.2) is 5.78 Å². The van der Waals surface area contributed by atoms with E-state index in [1.807, 2.05) is 0 Å². The van der Waals surface area contributed by atoms with Crippen LogP contribution < -0.4 is 0 Å².